The SMILES string of the molecule is CCOc1cc2c(cc1OCC)CN(C(=O)c1cccc(I)c1)CC2. The van der Waals surface area contributed by atoms with Crippen molar-refractivity contribution >= 4 is 28.5 Å². The molecule has 2 aromatic rings. The molecule has 0 aromatic heterocycles. The predicted octanol–water partition coefficient (Wildman–Crippen LogP) is 4.29. The number of nitrogens with zero attached hydrogens (tertiary/aromatic N) is 1. The Morgan fingerprint density at radius 1 is 1.08 bits per heavy atom. The van der Waals surface area contributed by atoms with E-state index >= 15 is 0 Å². The maximum Gasteiger partial charge on any atom is 0.254 e. The van der Waals surface area contributed by atoms with E-state index in [0.29, 0.717) is 19.8 Å². The van der Waals surface area contributed by atoms with Crippen molar-refractivity contribution in [1.29, 1.82) is 0 Å². The summed E-state index contributed by atoms with van der Waals surface area (Å²) in [4.78, 5) is 14.7. The van der Waals surface area contributed by atoms with Gasteiger partial charge >= 0.3 is 0 Å². The van der Waals surface area contributed by atoms with Gasteiger partial charge in [0.1, 0.15) is 0 Å². The molecule has 25 heavy (non-hydrogen) atoms. The molecule has 0 radical (unpaired) electrons. The van der Waals surface area contributed by atoms with Crippen molar-refractivity contribution in [2.75, 3.05) is 19.8 Å². The van der Waals surface area contributed by atoms with Crippen LogP contribution in [0.4, 0.5) is 0 Å². The number of amides is 1. The Morgan fingerprint density at radius 2 is 1.76 bits per heavy atom. The highest BCUT2D eigenvalue weighted by Gasteiger charge is 2.24. The Labute approximate surface area is 162 Å². The zero-order valence-electron chi connectivity index (χ0n) is 14.5. The summed E-state index contributed by atoms with van der Waals surface area (Å²) in [6, 6.07) is 11.8. The number of benzene rings is 2. The van der Waals surface area contributed by atoms with E-state index in [0.717, 1.165) is 39.2 Å². The van der Waals surface area contributed by atoms with E-state index in [1.54, 1.807) is 0 Å². The summed E-state index contributed by atoms with van der Waals surface area (Å²) < 4.78 is 12.5. The second-order valence-corrected chi connectivity index (χ2v) is 7.17. The number of rotatable bonds is 5. The molecule has 0 atom stereocenters. The minimum Gasteiger partial charge on any atom is -0.490 e. The van der Waals surface area contributed by atoms with Crippen LogP contribution < -0.4 is 9.47 Å². The second-order valence-electron chi connectivity index (χ2n) is 5.92. The molecule has 0 N–H and O–H groups in total. The fourth-order valence-electron chi connectivity index (χ4n) is 3.08. The molecule has 5 heteroatoms. The first kappa shape index (κ1) is 18.0. The number of hydrogen-bond donors (Lipinski definition) is 0. The Bertz CT molecular complexity index is 776. The summed E-state index contributed by atoms with van der Waals surface area (Å²) in [5, 5.41) is 0. The monoisotopic (exact) mass is 451 g/mol. The number of halogens is 1. The molecule has 0 saturated carbocycles. The van der Waals surface area contributed by atoms with Crippen LogP contribution in [0.1, 0.15) is 35.3 Å². The van der Waals surface area contributed by atoms with Gasteiger partial charge in [-0.3, -0.25) is 4.79 Å². The molecule has 0 aliphatic carbocycles. The maximum absolute atomic E-state index is 12.8. The lowest BCUT2D eigenvalue weighted by atomic mass is 9.98. The van der Waals surface area contributed by atoms with Crippen molar-refractivity contribution in [2.45, 2.75) is 26.8 Å². The van der Waals surface area contributed by atoms with Crippen LogP contribution in [0.2, 0.25) is 0 Å². The van der Waals surface area contributed by atoms with Crippen molar-refractivity contribution in [3.8, 4) is 11.5 Å². The van der Waals surface area contributed by atoms with Gasteiger partial charge in [0.15, 0.2) is 11.5 Å². The first-order valence-corrected chi connectivity index (χ1v) is 9.66. The zero-order valence-corrected chi connectivity index (χ0v) is 16.7. The summed E-state index contributed by atoms with van der Waals surface area (Å²) in [7, 11) is 0. The van der Waals surface area contributed by atoms with E-state index < -0.39 is 0 Å². The first-order valence-electron chi connectivity index (χ1n) is 8.58. The Morgan fingerprint density at radius 3 is 2.40 bits per heavy atom. The zero-order chi connectivity index (χ0) is 17.8. The number of carbonyl (C=O) groups excluding carboxylic acids is 1. The van der Waals surface area contributed by atoms with E-state index in [9.17, 15) is 4.79 Å². The topological polar surface area (TPSA) is 38.8 Å². The lowest BCUT2D eigenvalue weighted by Crippen LogP contribution is -2.36. The van der Waals surface area contributed by atoms with Crippen LogP contribution in [0, 0.1) is 3.57 Å². The summed E-state index contributed by atoms with van der Waals surface area (Å²) in [6.45, 7) is 6.45. The van der Waals surface area contributed by atoms with Crippen molar-refractivity contribution in [3.63, 3.8) is 0 Å². The minimum atomic E-state index is 0.0796. The van der Waals surface area contributed by atoms with Crippen LogP contribution in [-0.2, 0) is 13.0 Å². The number of ether oxygens (including phenoxy) is 2. The van der Waals surface area contributed by atoms with Gasteiger partial charge in [-0.05, 0) is 84.3 Å². The Balaban J connectivity index is 1.85. The molecule has 0 fully saturated rings. The van der Waals surface area contributed by atoms with Gasteiger partial charge in [-0.15, -0.1) is 0 Å². The van der Waals surface area contributed by atoms with Crippen LogP contribution in [0.15, 0.2) is 36.4 Å². The standard InChI is InChI=1S/C20H22INO3/c1-3-24-18-11-14-8-9-22(13-16(14)12-19(18)25-4-2)20(23)15-6-5-7-17(21)10-15/h5-7,10-12H,3-4,8-9,13H2,1-2H3. The molecule has 0 unspecified atom stereocenters. The molecule has 1 aliphatic rings. The molecule has 1 aliphatic heterocycles. The van der Waals surface area contributed by atoms with Gasteiger partial charge in [-0.2, -0.15) is 0 Å². The molecule has 0 bridgehead atoms. The van der Waals surface area contributed by atoms with Crippen LogP contribution in [0.3, 0.4) is 0 Å². The lowest BCUT2D eigenvalue weighted by Gasteiger charge is -2.30. The molecule has 1 heterocycles. The smallest absolute Gasteiger partial charge is 0.254 e. The van der Waals surface area contributed by atoms with Gasteiger partial charge in [0.2, 0.25) is 0 Å². The van der Waals surface area contributed by atoms with Crippen LogP contribution in [0.5, 0.6) is 11.5 Å². The van der Waals surface area contributed by atoms with Gasteiger partial charge < -0.3 is 14.4 Å². The molecule has 132 valence electrons. The normalized spacial score (nSPS) is 13.3. The van der Waals surface area contributed by atoms with E-state index in [1.165, 1.54) is 5.56 Å². The molecule has 0 saturated heterocycles. The van der Waals surface area contributed by atoms with Gasteiger partial charge in [-0.25, -0.2) is 0 Å². The van der Waals surface area contributed by atoms with E-state index in [-0.39, 0.29) is 5.91 Å². The quantitative estimate of drug-likeness (QED) is 0.637. The average molecular weight is 451 g/mol. The van der Waals surface area contributed by atoms with Gasteiger partial charge in [0, 0.05) is 22.2 Å². The van der Waals surface area contributed by atoms with Gasteiger partial charge in [0.05, 0.1) is 13.2 Å². The molecule has 4 nitrogen and oxygen atoms in total. The third-order valence-corrected chi connectivity index (χ3v) is 4.91. The summed E-state index contributed by atoms with van der Waals surface area (Å²) >= 11 is 2.23. The molecule has 2 aromatic carbocycles. The largest absolute Gasteiger partial charge is 0.490 e. The molecular formula is C20H22INO3. The van der Waals surface area contributed by atoms with Crippen molar-refractivity contribution in [3.05, 3.63) is 56.7 Å². The Hall–Kier alpha value is -1.76. The summed E-state index contributed by atoms with van der Waals surface area (Å²) in [5.74, 6) is 1.63. The summed E-state index contributed by atoms with van der Waals surface area (Å²) in [5.41, 5.74) is 3.11. The fourth-order valence-corrected chi connectivity index (χ4v) is 3.62. The summed E-state index contributed by atoms with van der Waals surface area (Å²) in [6.07, 6.45) is 0.831. The third kappa shape index (κ3) is 4.08. The highest BCUT2D eigenvalue weighted by atomic mass is 127. The van der Waals surface area contributed by atoms with Crippen LogP contribution in [-0.4, -0.2) is 30.6 Å². The third-order valence-electron chi connectivity index (χ3n) is 4.24. The maximum atomic E-state index is 12.8. The number of fused-ring (bicyclic) bond motifs is 1. The fraction of sp³-hybridized carbons (Fsp3) is 0.350. The molecule has 3 rings (SSSR count). The van der Waals surface area contributed by atoms with E-state index in [1.807, 2.05) is 49.1 Å². The van der Waals surface area contributed by atoms with E-state index in [2.05, 4.69) is 28.7 Å². The van der Waals surface area contributed by atoms with Crippen LogP contribution in [0.25, 0.3) is 0 Å². The van der Waals surface area contributed by atoms with Crippen molar-refractivity contribution in [2.24, 2.45) is 0 Å². The van der Waals surface area contributed by atoms with Crippen molar-refractivity contribution < 1.29 is 14.3 Å². The first-order chi connectivity index (χ1) is 12.1. The molecule has 1 amide bonds. The van der Waals surface area contributed by atoms with Crippen molar-refractivity contribution in [1.82, 2.24) is 4.90 Å². The second kappa shape index (κ2) is 8.08. The number of carbonyl (C=O) groups is 1. The van der Waals surface area contributed by atoms with Gasteiger partial charge in [-0.1, -0.05) is 6.07 Å². The predicted molar refractivity (Wildman–Crippen MR) is 106 cm³/mol. The average Bonchev–Trinajstić information content (AvgIpc) is 2.61. The minimum absolute atomic E-state index is 0.0796. The lowest BCUT2D eigenvalue weighted by molar-refractivity contribution is 0.0734. The highest BCUT2D eigenvalue weighted by molar-refractivity contribution is 14.1. The Kier molecular flexibility index (Phi) is 5.83. The van der Waals surface area contributed by atoms with Crippen LogP contribution >= 0.6 is 22.6 Å². The molecule has 0 spiro atoms. The van der Waals surface area contributed by atoms with Gasteiger partial charge in [0.25, 0.3) is 5.91 Å². The van der Waals surface area contributed by atoms with E-state index in [4.69, 9.17) is 9.47 Å². The highest BCUT2D eigenvalue weighted by Crippen LogP contribution is 2.34. The molecular weight excluding hydrogens is 429 g/mol. The number of hydrogen-bond acceptors (Lipinski definition) is 3.